The monoisotopic (exact) mass is 554 g/mol. The molecule has 9 heteroatoms. The molecule has 4 aromatic rings. The van der Waals surface area contributed by atoms with Gasteiger partial charge in [-0.15, -0.1) is 23.1 Å². The molecule has 0 fully saturated rings. The van der Waals surface area contributed by atoms with Gasteiger partial charge in [-0.05, 0) is 68.3 Å². The van der Waals surface area contributed by atoms with E-state index >= 15 is 0 Å². The minimum atomic E-state index is -0.511. The molecule has 0 radical (unpaired) electrons. The molecule has 0 aliphatic rings. The summed E-state index contributed by atoms with van der Waals surface area (Å²) in [6.07, 6.45) is 0. The van der Waals surface area contributed by atoms with Crippen LogP contribution in [0.25, 0.3) is 0 Å². The number of aryl methyl sites for hydroxylation is 1. The maximum Gasteiger partial charge on any atom is 0.266 e. The molecule has 7 nitrogen and oxygen atoms in total. The van der Waals surface area contributed by atoms with E-state index in [-0.39, 0.29) is 23.3 Å². The van der Waals surface area contributed by atoms with Gasteiger partial charge in [-0.3, -0.25) is 14.4 Å². The van der Waals surface area contributed by atoms with Gasteiger partial charge in [-0.25, -0.2) is 0 Å². The number of benzene rings is 3. The molecule has 0 spiro atoms. The van der Waals surface area contributed by atoms with Gasteiger partial charge in [0, 0.05) is 21.8 Å². The predicted octanol–water partition coefficient (Wildman–Crippen LogP) is 6.86. The summed E-state index contributed by atoms with van der Waals surface area (Å²) in [5, 5.41) is 18.1. The number of anilines is 3. The third-order valence-corrected chi connectivity index (χ3v) is 8.20. The molecule has 1 heterocycles. The standard InChI is InChI=1S/C30H26N4O3S2/c1-18-10-7-8-15-24(18)28(36)33-22-13-9-14-23(16-22)38-20(3)27(35)34-30-25(17-31)19(2)26(39-30)29(37)32-21-11-5-4-6-12-21/h4-16,20H,1-3H3,(H,32,37)(H,33,36)(H,34,35). The van der Waals surface area contributed by atoms with E-state index < -0.39 is 5.25 Å². The molecule has 0 saturated carbocycles. The van der Waals surface area contributed by atoms with Crippen molar-refractivity contribution in [3.63, 3.8) is 0 Å². The second-order valence-corrected chi connectivity index (χ2v) is 11.2. The minimum absolute atomic E-state index is 0.203. The van der Waals surface area contributed by atoms with Crippen LogP contribution in [0.2, 0.25) is 0 Å². The van der Waals surface area contributed by atoms with Crippen LogP contribution in [0.1, 0.15) is 43.6 Å². The van der Waals surface area contributed by atoms with Gasteiger partial charge in [0.2, 0.25) is 5.91 Å². The molecule has 0 aliphatic heterocycles. The van der Waals surface area contributed by atoms with E-state index in [1.807, 2.05) is 61.5 Å². The van der Waals surface area contributed by atoms with Crippen LogP contribution in [0.3, 0.4) is 0 Å². The first-order valence-corrected chi connectivity index (χ1v) is 13.8. The second kappa shape index (κ2) is 12.4. The summed E-state index contributed by atoms with van der Waals surface area (Å²) < 4.78 is 0. The first kappa shape index (κ1) is 27.6. The highest BCUT2D eigenvalue weighted by Crippen LogP contribution is 2.34. The Kier molecular flexibility index (Phi) is 8.81. The Balaban J connectivity index is 1.43. The number of carbonyl (C=O) groups is 3. The predicted molar refractivity (Wildman–Crippen MR) is 158 cm³/mol. The van der Waals surface area contributed by atoms with Crippen molar-refractivity contribution in [1.29, 1.82) is 5.26 Å². The number of amides is 3. The van der Waals surface area contributed by atoms with E-state index in [9.17, 15) is 19.6 Å². The average molecular weight is 555 g/mol. The average Bonchev–Trinajstić information content (AvgIpc) is 3.24. The number of para-hydroxylation sites is 1. The van der Waals surface area contributed by atoms with Gasteiger partial charge < -0.3 is 16.0 Å². The number of hydrogen-bond acceptors (Lipinski definition) is 6. The molecule has 3 N–H and O–H groups in total. The van der Waals surface area contributed by atoms with Gasteiger partial charge >= 0.3 is 0 Å². The highest BCUT2D eigenvalue weighted by atomic mass is 32.2. The van der Waals surface area contributed by atoms with Gasteiger partial charge in [0.1, 0.15) is 11.1 Å². The number of thioether (sulfide) groups is 1. The van der Waals surface area contributed by atoms with E-state index in [1.54, 1.807) is 38.1 Å². The van der Waals surface area contributed by atoms with Crippen molar-refractivity contribution >= 4 is 57.2 Å². The van der Waals surface area contributed by atoms with Crippen LogP contribution >= 0.6 is 23.1 Å². The van der Waals surface area contributed by atoms with Gasteiger partial charge in [0.15, 0.2) is 0 Å². The lowest BCUT2D eigenvalue weighted by molar-refractivity contribution is -0.115. The third kappa shape index (κ3) is 6.74. The van der Waals surface area contributed by atoms with Gasteiger partial charge in [0.25, 0.3) is 11.8 Å². The van der Waals surface area contributed by atoms with E-state index in [0.29, 0.717) is 32.4 Å². The number of nitrogens with zero attached hydrogens (tertiary/aromatic N) is 1. The highest BCUT2D eigenvalue weighted by molar-refractivity contribution is 8.00. The van der Waals surface area contributed by atoms with Crippen molar-refractivity contribution in [3.05, 3.63) is 106 Å². The highest BCUT2D eigenvalue weighted by Gasteiger charge is 2.23. The molecule has 1 unspecified atom stereocenters. The Morgan fingerprint density at radius 2 is 1.51 bits per heavy atom. The van der Waals surface area contributed by atoms with Crippen molar-refractivity contribution in [2.75, 3.05) is 16.0 Å². The fourth-order valence-electron chi connectivity index (χ4n) is 3.81. The van der Waals surface area contributed by atoms with Crippen molar-refractivity contribution < 1.29 is 14.4 Å². The van der Waals surface area contributed by atoms with E-state index in [4.69, 9.17) is 0 Å². The van der Waals surface area contributed by atoms with E-state index in [2.05, 4.69) is 22.0 Å². The quantitative estimate of drug-likeness (QED) is 0.206. The molecule has 3 aromatic carbocycles. The summed E-state index contributed by atoms with van der Waals surface area (Å²) in [5.74, 6) is -0.847. The van der Waals surface area contributed by atoms with Crippen LogP contribution in [0.5, 0.6) is 0 Å². The molecule has 4 rings (SSSR count). The summed E-state index contributed by atoms with van der Waals surface area (Å²) in [5.41, 5.74) is 3.53. The van der Waals surface area contributed by atoms with Crippen molar-refractivity contribution in [2.24, 2.45) is 0 Å². The van der Waals surface area contributed by atoms with Gasteiger partial charge in [0.05, 0.1) is 15.7 Å². The number of rotatable bonds is 8. The Morgan fingerprint density at radius 3 is 2.23 bits per heavy atom. The molecule has 196 valence electrons. The molecule has 0 bridgehead atoms. The molecule has 3 amide bonds. The molecule has 0 saturated heterocycles. The number of thiophene rings is 1. The fraction of sp³-hybridized carbons (Fsp3) is 0.133. The SMILES string of the molecule is Cc1ccccc1C(=O)Nc1cccc(SC(C)C(=O)Nc2sc(C(=O)Nc3ccccc3)c(C)c2C#N)c1. The number of carbonyl (C=O) groups excluding carboxylic acids is 3. The van der Waals surface area contributed by atoms with Crippen LogP contribution in [0.15, 0.2) is 83.8 Å². The Morgan fingerprint density at radius 1 is 0.846 bits per heavy atom. The van der Waals surface area contributed by atoms with Crippen LogP contribution < -0.4 is 16.0 Å². The normalized spacial score (nSPS) is 11.2. The zero-order valence-electron chi connectivity index (χ0n) is 21.6. The lowest BCUT2D eigenvalue weighted by atomic mass is 10.1. The van der Waals surface area contributed by atoms with Crippen LogP contribution in [0, 0.1) is 25.2 Å². The minimum Gasteiger partial charge on any atom is -0.322 e. The van der Waals surface area contributed by atoms with Crippen molar-refractivity contribution in [2.45, 2.75) is 30.9 Å². The van der Waals surface area contributed by atoms with Crippen LogP contribution in [-0.4, -0.2) is 23.0 Å². The van der Waals surface area contributed by atoms with Crippen molar-refractivity contribution in [3.8, 4) is 6.07 Å². The lowest BCUT2D eigenvalue weighted by Gasteiger charge is -2.13. The number of nitrogens with one attached hydrogen (secondary N) is 3. The summed E-state index contributed by atoms with van der Waals surface area (Å²) in [4.78, 5) is 39.7. The molecule has 1 atom stereocenters. The van der Waals surface area contributed by atoms with Gasteiger partial charge in [-0.1, -0.05) is 42.5 Å². The molecule has 0 aliphatic carbocycles. The molecule has 1 aromatic heterocycles. The lowest BCUT2D eigenvalue weighted by Crippen LogP contribution is -2.22. The van der Waals surface area contributed by atoms with E-state index in [1.165, 1.54) is 11.8 Å². The maximum absolute atomic E-state index is 13.0. The van der Waals surface area contributed by atoms with Crippen LogP contribution in [-0.2, 0) is 4.79 Å². The van der Waals surface area contributed by atoms with Crippen molar-refractivity contribution in [1.82, 2.24) is 0 Å². The zero-order valence-corrected chi connectivity index (χ0v) is 23.2. The Bertz CT molecular complexity index is 1570. The maximum atomic E-state index is 13.0. The first-order chi connectivity index (χ1) is 18.8. The van der Waals surface area contributed by atoms with E-state index in [0.717, 1.165) is 21.8 Å². The second-order valence-electron chi connectivity index (χ2n) is 8.74. The smallest absolute Gasteiger partial charge is 0.266 e. The number of hydrogen-bond donors (Lipinski definition) is 3. The fourth-order valence-corrected chi connectivity index (χ4v) is 5.79. The summed E-state index contributed by atoms with van der Waals surface area (Å²) >= 11 is 2.40. The molecule has 39 heavy (non-hydrogen) atoms. The molecular weight excluding hydrogens is 528 g/mol. The largest absolute Gasteiger partial charge is 0.322 e. The zero-order chi connectivity index (χ0) is 27.9. The van der Waals surface area contributed by atoms with Gasteiger partial charge in [-0.2, -0.15) is 5.26 Å². The summed E-state index contributed by atoms with van der Waals surface area (Å²) in [6, 6.07) is 25.8. The third-order valence-electron chi connectivity index (χ3n) is 5.90. The number of nitriles is 1. The van der Waals surface area contributed by atoms with Crippen LogP contribution in [0.4, 0.5) is 16.4 Å². The Labute approximate surface area is 235 Å². The summed E-state index contributed by atoms with van der Waals surface area (Å²) in [7, 11) is 0. The summed E-state index contributed by atoms with van der Waals surface area (Å²) in [6.45, 7) is 5.33. The molecular formula is C30H26N4O3S2. The first-order valence-electron chi connectivity index (χ1n) is 12.1. The Hall–Kier alpha value is -4.39. The topological polar surface area (TPSA) is 111 Å².